The number of carbonyl (C=O) groups excluding carboxylic acids is 2. The third kappa shape index (κ3) is 6.01. The van der Waals surface area contributed by atoms with Crippen LogP contribution in [0.5, 0.6) is 0 Å². The van der Waals surface area contributed by atoms with Crippen molar-refractivity contribution in [3.8, 4) is 0 Å². The summed E-state index contributed by atoms with van der Waals surface area (Å²) in [5.41, 5.74) is 6.66. The Hall–Kier alpha value is -1.79. The normalized spacial score (nSPS) is 10.5. The van der Waals surface area contributed by atoms with E-state index in [-0.39, 0.29) is 24.8 Å². The molecule has 6 nitrogen and oxygen atoms in total. The summed E-state index contributed by atoms with van der Waals surface area (Å²) in [5, 5.41) is 3.12. The van der Waals surface area contributed by atoms with Gasteiger partial charge in [0.2, 0.25) is 11.8 Å². The van der Waals surface area contributed by atoms with Gasteiger partial charge in [0.05, 0.1) is 17.3 Å². The lowest BCUT2D eigenvalue weighted by Crippen LogP contribution is -2.35. The summed E-state index contributed by atoms with van der Waals surface area (Å²) in [6, 6.07) is 4.91. The van der Waals surface area contributed by atoms with Crippen LogP contribution in [-0.2, 0) is 9.59 Å². The van der Waals surface area contributed by atoms with Crippen LogP contribution in [0.25, 0.3) is 0 Å². The molecule has 0 aliphatic carbocycles. The molecular formula is C14H21ClN4O2. The minimum absolute atomic E-state index is 0.000475. The summed E-state index contributed by atoms with van der Waals surface area (Å²) in [4.78, 5) is 26.7. The van der Waals surface area contributed by atoms with Crippen LogP contribution in [0.15, 0.2) is 18.2 Å². The Labute approximate surface area is 129 Å². The Kier molecular flexibility index (Phi) is 6.45. The number of halogens is 1. The van der Waals surface area contributed by atoms with Crippen molar-refractivity contribution in [1.82, 2.24) is 9.80 Å². The van der Waals surface area contributed by atoms with Crippen LogP contribution in [0.4, 0.5) is 11.4 Å². The van der Waals surface area contributed by atoms with E-state index in [0.717, 1.165) is 0 Å². The molecule has 0 saturated heterocycles. The largest absolute Gasteiger partial charge is 0.399 e. The summed E-state index contributed by atoms with van der Waals surface area (Å²) in [7, 11) is 5.20. The fraction of sp³-hybridized carbons (Fsp3) is 0.429. The summed E-state index contributed by atoms with van der Waals surface area (Å²) in [6.45, 7) is 0.765. The van der Waals surface area contributed by atoms with Gasteiger partial charge in [-0.3, -0.25) is 14.5 Å². The smallest absolute Gasteiger partial charge is 0.236 e. The quantitative estimate of drug-likeness (QED) is 0.775. The molecule has 2 amide bonds. The van der Waals surface area contributed by atoms with Crippen molar-refractivity contribution in [1.29, 1.82) is 0 Å². The van der Waals surface area contributed by atoms with Crippen LogP contribution >= 0.6 is 11.6 Å². The summed E-state index contributed by atoms with van der Waals surface area (Å²) in [6.07, 6.45) is 0.276. The Bertz CT molecular complexity index is 520. The number of anilines is 2. The van der Waals surface area contributed by atoms with E-state index in [9.17, 15) is 9.59 Å². The monoisotopic (exact) mass is 312 g/mol. The van der Waals surface area contributed by atoms with Crippen LogP contribution < -0.4 is 11.1 Å². The van der Waals surface area contributed by atoms with E-state index in [0.29, 0.717) is 22.9 Å². The third-order valence-electron chi connectivity index (χ3n) is 2.89. The molecule has 3 N–H and O–H groups in total. The van der Waals surface area contributed by atoms with Gasteiger partial charge in [-0.15, -0.1) is 0 Å². The number of rotatable bonds is 6. The number of nitrogen functional groups attached to an aromatic ring is 1. The van der Waals surface area contributed by atoms with Gasteiger partial charge in [0.1, 0.15) is 0 Å². The molecule has 1 rings (SSSR count). The van der Waals surface area contributed by atoms with Crippen LogP contribution in [0, 0.1) is 0 Å². The van der Waals surface area contributed by atoms with Gasteiger partial charge in [-0.2, -0.15) is 0 Å². The van der Waals surface area contributed by atoms with E-state index < -0.39 is 0 Å². The molecular weight excluding hydrogens is 292 g/mol. The maximum atomic E-state index is 11.9. The molecule has 0 saturated carbocycles. The van der Waals surface area contributed by atoms with Crippen molar-refractivity contribution < 1.29 is 9.59 Å². The maximum absolute atomic E-state index is 11.9. The fourth-order valence-corrected chi connectivity index (χ4v) is 1.83. The third-order valence-corrected chi connectivity index (χ3v) is 3.20. The topological polar surface area (TPSA) is 78.7 Å². The molecule has 0 fully saturated rings. The second kappa shape index (κ2) is 7.85. The van der Waals surface area contributed by atoms with Gasteiger partial charge in [0.15, 0.2) is 0 Å². The van der Waals surface area contributed by atoms with E-state index in [4.69, 9.17) is 17.3 Å². The number of benzene rings is 1. The van der Waals surface area contributed by atoms with Gasteiger partial charge < -0.3 is 16.0 Å². The van der Waals surface area contributed by atoms with Gasteiger partial charge in [0, 0.05) is 32.7 Å². The number of carbonyl (C=O) groups is 2. The second-order valence-electron chi connectivity index (χ2n) is 5.06. The van der Waals surface area contributed by atoms with Gasteiger partial charge in [-0.25, -0.2) is 0 Å². The minimum Gasteiger partial charge on any atom is -0.399 e. The average molecular weight is 313 g/mol. The van der Waals surface area contributed by atoms with Crippen molar-refractivity contribution in [3.63, 3.8) is 0 Å². The minimum atomic E-state index is -0.161. The van der Waals surface area contributed by atoms with Crippen molar-refractivity contribution in [2.45, 2.75) is 6.42 Å². The zero-order chi connectivity index (χ0) is 16.0. The number of nitrogens with zero attached hydrogens (tertiary/aromatic N) is 2. The first-order valence-electron chi connectivity index (χ1n) is 6.53. The Morgan fingerprint density at radius 3 is 2.52 bits per heavy atom. The van der Waals surface area contributed by atoms with E-state index in [1.54, 1.807) is 44.2 Å². The van der Waals surface area contributed by atoms with Gasteiger partial charge in [-0.1, -0.05) is 11.6 Å². The molecule has 116 valence electrons. The molecule has 21 heavy (non-hydrogen) atoms. The number of nitrogens with two attached hydrogens (primary N) is 1. The molecule has 0 radical (unpaired) electrons. The first-order valence-corrected chi connectivity index (χ1v) is 6.91. The molecule has 0 aliphatic heterocycles. The Balaban J connectivity index is 2.42. The molecule has 0 atom stereocenters. The number of nitrogens with one attached hydrogen (secondary N) is 1. The molecule has 0 bridgehead atoms. The summed E-state index contributed by atoms with van der Waals surface area (Å²) in [5.74, 6) is -0.162. The maximum Gasteiger partial charge on any atom is 0.236 e. The van der Waals surface area contributed by atoms with Crippen LogP contribution in [0.1, 0.15) is 6.42 Å². The SMILES string of the molecule is CN(CCC(=O)Nc1ccc(N)cc1Cl)CC(=O)N(C)C. The second-order valence-corrected chi connectivity index (χ2v) is 5.47. The van der Waals surface area contributed by atoms with E-state index >= 15 is 0 Å². The highest BCUT2D eigenvalue weighted by molar-refractivity contribution is 6.34. The molecule has 7 heteroatoms. The van der Waals surface area contributed by atoms with Crippen molar-refractivity contribution in [2.75, 3.05) is 45.3 Å². The zero-order valence-electron chi connectivity index (χ0n) is 12.5. The predicted octanol–water partition coefficient (Wildman–Crippen LogP) is 1.27. The first-order chi connectivity index (χ1) is 9.79. The lowest BCUT2D eigenvalue weighted by Gasteiger charge is -2.18. The summed E-state index contributed by atoms with van der Waals surface area (Å²) >= 11 is 5.98. The van der Waals surface area contributed by atoms with Gasteiger partial charge in [0.25, 0.3) is 0 Å². The average Bonchev–Trinajstić information content (AvgIpc) is 2.39. The van der Waals surface area contributed by atoms with E-state index in [2.05, 4.69) is 5.32 Å². The molecule has 0 heterocycles. The molecule has 0 aliphatic rings. The molecule has 1 aromatic rings. The standard InChI is InChI=1S/C14H21ClN4O2/c1-18(2)14(21)9-19(3)7-6-13(20)17-12-5-4-10(16)8-11(12)15/h4-5,8H,6-7,9,16H2,1-3H3,(H,17,20). The lowest BCUT2D eigenvalue weighted by molar-refractivity contribution is -0.130. The number of likely N-dealkylation sites (N-methyl/N-ethyl adjacent to an activating group) is 2. The zero-order valence-corrected chi connectivity index (χ0v) is 13.3. The number of hydrogen-bond donors (Lipinski definition) is 2. The predicted molar refractivity (Wildman–Crippen MR) is 85.3 cm³/mol. The highest BCUT2D eigenvalue weighted by atomic mass is 35.5. The van der Waals surface area contributed by atoms with Crippen LogP contribution in [-0.4, -0.2) is 55.8 Å². The molecule has 0 aromatic heterocycles. The van der Waals surface area contributed by atoms with Crippen molar-refractivity contribution >= 4 is 34.8 Å². The summed E-state index contributed by atoms with van der Waals surface area (Å²) < 4.78 is 0. The lowest BCUT2D eigenvalue weighted by atomic mass is 10.2. The van der Waals surface area contributed by atoms with Crippen molar-refractivity contribution in [2.24, 2.45) is 0 Å². The molecule has 0 unspecified atom stereocenters. The van der Waals surface area contributed by atoms with Crippen LogP contribution in [0.3, 0.4) is 0 Å². The molecule has 0 spiro atoms. The molecule has 1 aromatic carbocycles. The Morgan fingerprint density at radius 2 is 1.95 bits per heavy atom. The fourth-order valence-electron chi connectivity index (χ4n) is 1.59. The van der Waals surface area contributed by atoms with Crippen LogP contribution in [0.2, 0.25) is 5.02 Å². The van der Waals surface area contributed by atoms with Crippen molar-refractivity contribution in [3.05, 3.63) is 23.2 Å². The van der Waals surface area contributed by atoms with Gasteiger partial charge in [-0.05, 0) is 25.2 Å². The number of amides is 2. The number of hydrogen-bond acceptors (Lipinski definition) is 4. The highest BCUT2D eigenvalue weighted by Gasteiger charge is 2.11. The highest BCUT2D eigenvalue weighted by Crippen LogP contribution is 2.24. The van der Waals surface area contributed by atoms with E-state index in [1.807, 2.05) is 0 Å². The Morgan fingerprint density at radius 1 is 1.29 bits per heavy atom. The van der Waals surface area contributed by atoms with Gasteiger partial charge >= 0.3 is 0 Å². The van der Waals surface area contributed by atoms with E-state index in [1.165, 1.54) is 4.90 Å². The first kappa shape index (κ1) is 17.3.